The number of pyridine rings is 1. The first-order valence-electron chi connectivity index (χ1n) is 6.05. The van der Waals surface area contributed by atoms with Crippen LogP contribution in [0.25, 0.3) is 33.1 Å². The first-order valence-corrected chi connectivity index (χ1v) is 5.61. The molecule has 0 amide bonds. The number of hydrogen-bond acceptors (Lipinski definition) is 3. The molecule has 0 aliphatic carbocycles. The molecule has 0 unspecified atom stereocenters. The second-order valence-electron chi connectivity index (χ2n) is 4.10. The molecule has 4 rings (SSSR count). The molecule has 1 aromatic carbocycles. The molecule has 0 saturated carbocycles. The molecule has 86 valence electrons. The van der Waals surface area contributed by atoms with E-state index in [-0.39, 0.29) is 0 Å². The number of fused-ring (bicyclic) bond motifs is 2. The van der Waals surface area contributed by atoms with Gasteiger partial charge in [-0.1, -0.05) is 6.07 Å². The predicted molar refractivity (Wildman–Crippen MR) is 69.1 cm³/mol. The summed E-state index contributed by atoms with van der Waals surface area (Å²) in [5.41, 5.74) is 4.37. The van der Waals surface area contributed by atoms with Crippen LogP contribution in [-0.4, -0.2) is 14.9 Å². The molecule has 0 radical (unpaired) electrons. The second-order valence-corrected chi connectivity index (χ2v) is 4.10. The molecular weight excluding hydrogens is 226 g/mol. The van der Waals surface area contributed by atoms with Gasteiger partial charge in [-0.2, -0.15) is 0 Å². The van der Waals surface area contributed by atoms with Crippen molar-refractivity contribution in [3.8, 4) is 11.1 Å². The van der Waals surface area contributed by atoms with E-state index in [1.165, 1.54) is 11.4 Å². The molecule has 0 aliphatic rings. The Labute approximate surface area is 104 Å². The SMILES string of the molecule is [2H]n1ccc2c(-c3ccc4ncoc4c3)cncc21. The molecule has 0 aliphatic heterocycles. The van der Waals surface area contributed by atoms with E-state index in [1.807, 2.05) is 24.3 Å². The van der Waals surface area contributed by atoms with Crippen molar-refractivity contribution in [3.63, 3.8) is 0 Å². The summed E-state index contributed by atoms with van der Waals surface area (Å²) in [6.07, 6.45) is 6.65. The van der Waals surface area contributed by atoms with Gasteiger partial charge in [0.25, 0.3) is 0 Å². The Morgan fingerprint density at radius 1 is 1.22 bits per heavy atom. The molecule has 4 heteroatoms. The van der Waals surface area contributed by atoms with Crippen molar-refractivity contribution >= 4 is 22.0 Å². The number of aromatic amines is 1. The fourth-order valence-corrected chi connectivity index (χ4v) is 2.18. The van der Waals surface area contributed by atoms with Crippen LogP contribution >= 0.6 is 0 Å². The maximum absolute atomic E-state index is 7.76. The second kappa shape index (κ2) is 3.43. The third-order valence-electron chi connectivity index (χ3n) is 3.06. The molecule has 3 heterocycles. The van der Waals surface area contributed by atoms with Crippen LogP contribution in [0.4, 0.5) is 0 Å². The van der Waals surface area contributed by atoms with Crippen LogP contribution in [-0.2, 0) is 0 Å². The summed E-state index contributed by atoms with van der Waals surface area (Å²) >= 11 is 0. The minimum Gasteiger partial charge on any atom is -0.443 e. The van der Waals surface area contributed by atoms with Crippen LogP contribution < -0.4 is 0 Å². The number of nitrogens with zero attached hydrogens (tertiary/aromatic N) is 2. The van der Waals surface area contributed by atoms with Crippen molar-refractivity contribution in [2.24, 2.45) is 0 Å². The van der Waals surface area contributed by atoms with Crippen molar-refractivity contribution in [1.82, 2.24) is 14.9 Å². The van der Waals surface area contributed by atoms with Crippen LogP contribution in [0.3, 0.4) is 0 Å². The summed E-state index contributed by atoms with van der Waals surface area (Å²) in [6, 6.07) is 7.78. The first-order chi connectivity index (χ1) is 9.33. The molecular formula is C14H9N3O. The quantitative estimate of drug-likeness (QED) is 0.551. The average Bonchev–Trinajstić information content (AvgIpc) is 3.05. The Morgan fingerprint density at radius 2 is 2.22 bits per heavy atom. The van der Waals surface area contributed by atoms with E-state index in [9.17, 15) is 0 Å². The van der Waals surface area contributed by atoms with E-state index in [2.05, 4.69) is 9.97 Å². The van der Waals surface area contributed by atoms with Crippen LogP contribution in [0.15, 0.2) is 53.7 Å². The smallest absolute Gasteiger partial charge is 0.181 e. The maximum atomic E-state index is 7.76. The number of rotatable bonds is 1. The van der Waals surface area contributed by atoms with Gasteiger partial charge < -0.3 is 9.39 Å². The number of nitrogens with one attached hydrogen (secondary N) is 1. The standard InChI is InChI=1S/C14H9N3O/c1-2-12-14(18-8-17-12)5-9(1)11-6-15-7-13-10(11)3-4-16-13/h1-8,16H/i/hD. The third-order valence-corrected chi connectivity index (χ3v) is 3.06. The van der Waals surface area contributed by atoms with Gasteiger partial charge in [0.05, 0.1) is 11.7 Å². The molecule has 0 saturated heterocycles. The summed E-state index contributed by atoms with van der Waals surface area (Å²) in [4.78, 5) is 9.62. The third kappa shape index (κ3) is 1.26. The first kappa shape index (κ1) is 8.47. The minimum atomic E-state index is 0.750. The van der Waals surface area contributed by atoms with Crippen molar-refractivity contribution in [2.75, 3.05) is 0 Å². The van der Waals surface area contributed by atoms with Gasteiger partial charge in [-0.3, -0.25) is 4.98 Å². The number of hydrogen-bond donors (Lipinski definition) is 1. The molecule has 1 N–H and O–H groups in total. The molecule has 4 nitrogen and oxygen atoms in total. The Balaban J connectivity index is 2.02. The Morgan fingerprint density at radius 3 is 3.22 bits per heavy atom. The van der Waals surface area contributed by atoms with Crippen LogP contribution in [0, 0.1) is 0 Å². The summed E-state index contributed by atoms with van der Waals surface area (Å²) in [5.74, 6) is 0. The number of oxazole rings is 1. The van der Waals surface area contributed by atoms with Crippen LogP contribution in [0.1, 0.15) is 0 Å². The van der Waals surface area contributed by atoms with Crippen molar-refractivity contribution in [3.05, 3.63) is 49.2 Å². The highest BCUT2D eigenvalue weighted by atomic mass is 16.3. The summed E-state index contributed by atoms with van der Waals surface area (Å²) in [7, 11) is 0. The molecule has 0 fully saturated rings. The lowest BCUT2D eigenvalue weighted by Gasteiger charge is -2.02. The van der Waals surface area contributed by atoms with Gasteiger partial charge in [-0.15, -0.1) is 0 Å². The van der Waals surface area contributed by atoms with Gasteiger partial charge >= 0.3 is 0 Å². The minimum absolute atomic E-state index is 0.750. The summed E-state index contributed by atoms with van der Waals surface area (Å²) in [6.45, 7) is 0. The Hall–Kier alpha value is -2.62. The highest BCUT2D eigenvalue weighted by Crippen LogP contribution is 2.29. The van der Waals surface area contributed by atoms with Gasteiger partial charge in [0, 0.05) is 23.3 Å². The van der Waals surface area contributed by atoms with Crippen LogP contribution in [0.5, 0.6) is 0 Å². The molecule has 0 spiro atoms. The Bertz CT molecular complexity index is 894. The zero-order chi connectivity index (χ0) is 12.8. The van der Waals surface area contributed by atoms with Crippen molar-refractivity contribution < 1.29 is 5.83 Å². The lowest BCUT2D eigenvalue weighted by molar-refractivity contribution is 0.602. The maximum Gasteiger partial charge on any atom is 0.181 e. The fraction of sp³-hybridized carbons (Fsp3) is 0. The summed E-state index contributed by atoms with van der Waals surface area (Å²) < 4.78 is 13.1. The average molecular weight is 236 g/mol. The number of benzene rings is 1. The van der Waals surface area contributed by atoms with Crippen molar-refractivity contribution in [2.45, 2.75) is 0 Å². The zero-order valence-corrected chi connectivity index (χ0v) is 9.37. The largest absolute Gasteiger partial charge is 0.443 e. The lowest BCUT2D eigenvalue weighted by Crippen LogP contribution is -1.82. The topological polar surface area (TPSA) is 54.7 Å². The van der Waals surface area contributed by atoms with Gasteiger partial charge in [0.2, 0.25) is 0 Å². The normalized spacial score (nSPS) is 12.1. The monoisotopic (exact) mass is 236 g/mol. The molecule has 0 atom stereocenters. The van der Waals surface area contributed by atoms with Gasteiger partial charge in [0.1, 0.15) is 5.52 Å². The number of aromatic nitrogens is 3. The highest BCUT2D eigenvalue weighted by molar-refractivity contribution is 5.95. The molecule has 18 heavy (non-hydrogen) atoms. The van der Waals surface area contributed by atoms with Gasteiger partial charge in [-0.05, 0) is 23.8 Å². The van der Waals surface area contributed by atoms with Crippen LogP contribution in [0.2, 0.25) is 1.41 Å². The van der Waals surface area contributed by atoms with E-state index in [4.69, 9.17) is 5.83 Å². The van der Waals surface area contributed by atoms with E-state index < -0.39 is 0 Å². The molecule has 0 bridgehead atoms. The van der Waals surface area contributed by atoms with E-state index in [1.54, 1.807) is 18.6 Å². The number of H-pyrrole nitrogens is 1. The van der Waals surface area contributed by atoms with E-state index in [0.29, 0.717) is 0 Å². The van der Waals surface area contributed by atoms with Gasteiger partial charge in [-0.25, -0.2) is 4.98 Å². The van der Waals surface area contributed by atoms with E-state index >= 15 is 0 Å². The molecule has 3 aromatic heterocycles. The highest BCUT2D eigenvalue weighted by Gasteiger charge is 2.07. The zero-order valence-electron chi connectivity index (χ0n) is 10.4. The van der Waals surface area contributed by atoms with Gasteiger partial charge in [0.15, 0.2) is 13.4 Å². The fourth-order valence-electron chi connectivity index (χ4n) is 2.18. The van der Waals surface area contributed by atoms with Crippen molar-refractivity contribution in [1.29, 1.82) is 0 Å². The molecule has 4 aromatic rings. The summed E-state index contributed by atoms with van der Waals surface area (Å²) in [5, 5.41) is 1.00. The lowest BCUT2D eigenvalue weighted by atomic mass is 10.0. The van der Waals surface area contributed by atoms with E-state index in [0.717, 1.165) is 33.1 Å². The Kier molecular flexibility index (Phi) is 1.62. The predicted octanol–water partition coefficient (Wildman–Crippen LogP) is 3.37.